The molecule has 2 N–H and O–H groups in total. The van der Waals surface area contributed by atoms with E-state index in [1.54, 1.807) is 12.4 Å². The number of piperidine rings is 1. The van der Waals surface area contributed by atoms with E-state index in [2.05, 4.69) is 34.5 Å². The van der Waals surface area contributed by atoms with Gasteiger partial charge in [0.25, 0.3) is 0 Å². The number of carbonyl (C=O) groups excluding carboxylic acids is 1. The van der Waals surface area contributed by atoms with Crippen LogP contribution >= 0.6 is 0 Å². The summed E-state index contributed by atoms with van der Waals surface area (Å²) in [5.74, 6) is 0. The van der Waals surface area contributed by atoms with Crippen LogP contribution in [-0.4, -0.2) is 37.5 Å². The number of hydrogen-bond acceptors (Lipinski definition) is 3. The topological polar surface area (TPSA) is 78.8 Å². The number of anilines is 1. The summed E-state index contributed by atoms with van der Waals surface area (Å²) in [7, 11) is 0. The minimum absolute atomic E-state index is 0.0748. The Bertz CT molecular complexity index is 618. The van der Waals surface area contributed by atoms with Crippen molar-refractivity contribution in [1.29, 1.82) is 0 Å². The third kappa shape index (κ3) is 2.98. The molecule has 3 rings (SSSR count). The highest BCUT2D eigenvalue weighted by Crippen LogP contribution is 2.30. The van der Waals surface area contributed by atoms with Gasteiger partial charge in [0.1, 0.15) is 0 Å². The molecule has 7 nitrogen and oxygen atoms in total. The van der Waals surface area contributed by atoms with Gasteiger partial charge in [0.2, 0.25) is 0 Å². The summed E-state index contributed by atoms with van der Waals surface area (Å²) < 4.78 is 1.83. The van der Waals surface area contributed by atoms with Crippen molar-refractivity contribution in [3.8, 4) is 0 Å². The van der Waals surface area contributed by atoms with Gasteiger partial charge in [-0.15, -0.1) is 0 Å². The largest absolute Gasteiger partial charge is 0.322 e. The molecule has 22 heavy (non-hydrogen) atoms. The highest BCUT2D eigenvalue weighted by atomic mass is 16.2. The van der Waals surface area contributed by atoms with Crippen LogP contribution in [0, 0.1) is 0 Å². The van der Waals surface area contributed by atoms with E-state index in [1.165, 1.54) is 0 Å². The van der Waals surface area contributed by atoms with Crippen molar-refractivity contribution < 1.29 is 4.79 Å². The second kappa shape index (κ2) is 6.21. The van der Waals surface area contributed by atoms with E-state index in [-0.39, 0.29) is 18.1 Å². The van der Waals surface area contributed by atoms with E-state index in [9.17, 15) is 4.79 Å². The molecular formula is C15H22N6O. The highest BCUT2D eigenvalue weighted by molar-refractivity contribution is 5.89. The second-order valence-electron chi connectivity index (χ2n) is 5.97. The lowest BCUT2D eigenvalue weighted by Gasteiger charge is -2.35. The fourth-order valence-corrected chi connectivity index (χ4v) is 2.84. The molecule has 1 aliphatic rings. The zero-order valence-corrected chi connectivity index (χ0v) is 13.0. The smallest absolute Gasteiger partial charge is 0.317 e. The Morgan fingerprint density at radius 2 is 2.27 bits per heavy atom. The van der Waals surface area contributed by atoms with Gasteiger partial charge in [0, 0.05) is 30.5 Å². The summed E-state index contributed by atoms with van der Waals surface area (Å²) in [5, 5.41) is 14.0. The molecule has 0 radical (unpaired) electrons. The Morgan fingerprint density at radius 1 is 1.41 bits per heavy atom. The van der Waals surface area contributed by atoms with Crippen molar-refractivity contribution in [3.63, 3.8) is 0 Å². The Kier molecular flexibility index (Phi) is 4.13. The number of urea groups is 1. The lowest BCUT2D eigenvalue weighted by Crippen LogP contribution is -2.41. The van der Waals surface area contributed by atoms with E-state index in [0.717, 1.165) is 37.1 Å². The van der Waals surface area contributed by atoms with Gasteiger partial charge in [-0.05, 0) is 33.1 Å². The van der Waals surface area contributed by atoms with Gasteiger partial charge in [-0.2, -0.15) is 10.2 Å². The highest BCUT2D eigenvalue weighted by Gasteiger charge is 2.28. The molecule has 1 unspecified atom stereocenters. The van der Waals surface area contributed by atoms with Crippen molar-refractivity contribution in [3.05, 3.63) is 30.4 Å². The van der Waals surface area contributed by atoms with Gasteiger partial charge in [-0.25, -0.2) is 4.79 Å². The number of amides is 2. The lowest BCUT2D eigenvalue weighted by atomic mass is 9.98. The number of H-pyrrole nitrogens is 1. The number of aromatic amines is 1. The van der Waals surface area contributed by atoms with Crippen LogP contribution in [0.25, 0.3) is 0 Å². The first kappa shape index (κ1) is 14.6. The van der Waals surface area contributed by atoms with Gasteiger partial charge in [-0.3, -0.25) is 9.78 Å². The maximum atomic E-state index is 12.6. The molecule has 0 aliphatic carbocycles. The summed E-state index contributed by atoms with van der Waals surface area (Å²) in [6.07, 6.45) is 10.4. The molecule has 3 heterocycles. The molecule has 1 aliphatic heterocycles. The predicted molar refractivity (Wildman–Crippen MR) is 83.5 cm³/mol. The zero-order chi connectivity index (χ0) is 15.5. The molecule has 2 aromatic rings. The van der Waals surface area contributed by atoms with Gasteiger partial charge in [0.05, 0.1) is 24.1 Å². The molecule has 7 heteroatoms. The molecule has 2 aromatic heterocycles. The third-order valence-corrected chi connectivity index (χ3v) is 4.05. The van der Waals surface area contributed by atoms with E-state index < -0.39 is 0 Å². The lowest BCUT2D eigenvalue weighted by molar-refractivity contribution is 0.163. The molecule has 118 valence electrons. The molecule has 1 atom stereocenters. The van der Waals surface area contributed by atoms with Gasteiger partial charge < -0.3 is 10.2 Å². The van der Waals surface area contributed by atoms with E-state index in [4.69, 9.17) is 0 Å². The van der Waals surface area contributed by atoms with Gasteiger partial charge in [-0.1, -0.05) is 0 Å². The molecule has 0 bridgehead atoms. The van der Waals surface area contributed by atoms with Crippen molar-refractivity contribution in [2.75, 3.05) is 11.9 Å². The summed E-state index contributed by atoms with van der Waals surface area (Å²) in [5.41, 5.74) is 1.79. The van der Waals surface area contributed by atoms with E-state index in [1.807, 2.05) is 22.0 Å². The van der Waals surface area contributed by atoms with E-state index >= 15 is 0 Å². The SMILES string of the molecule is CC(C)n1cc(NC(=O)N2CCCCC2c2cn[nH]c2)cn1. The van der Waals surface area contributed by atoms with Crippen LogP contribution in [0.4, 0.5) is 10.5 Å². The quantitative estimate of drug-likeness (QED) is 0.915. The molecule has 0 spiro atoms. The fourth-order valence-electron chi connectivity index (χ4n) is 2.84. The Balaban J connectivity index is 1.71. The molecule has 1 saturated heterocycles. The van der Waals surface area contributed by atoms with Crippen LogP contribution in [0.3, 0.4) is 0 Å². The maximum absolute atomic E-state index is 12.6. The van der Waals surface area contributed by atoms with Gasteiger partial charge in [0.15, 0.2) is 0 Å². The molecular weight excluding hydrogens is 280 g/mol. The first-order chi connectivity index (χ1) is 10.6. The summed E-state index contributed by atoms with van der Waals surface area (Å²) >= 11 is 0. The number of carbonyl (C=O) groups is 1. The summed E-state index contributed by atoms with van der Waals surface area (Å²) in [6, 6.07) is 0.293. The van der Waals surface area contributed by atoms with E-state index in [0.29, 0.717) is 0 Å². The molecule has 0 saturated carbocycles. The average molecular weight is 302 g/mol. The van der Waals surface area contributed by atoms with Crippen LogP contribution in [0.5, 0.6) is 0 Å². The Morgan fingerprint density at radius 3 is 2.95 bits per heavy atom. The van der Waals surface area contributed by atoms with Crippen molar-refractivity contribution >= 4 is 11.7 Å². The Labute approximate surface area is 129 Å². The minimum atomic E-state index is -0.0748. The van der Waals surface area contributed by atoms with Crippen LogP contribution < -0.4 is 5.32 Å². The number of hydrogen-bond donors (Lipinski definition) is 2. The maximum Gasteiger partial charge on any atom is 0.322 e. The summed E-state index contributed by atoms with van der Waals surface area (Å²) in [6.45, 7) is 4.87. The number of likely N-dealkylation sites (tertiary alicyclic amines) is 1. The van der Waals surface area contributed by atoms with Crippen LogP contribution in [-0.2, 0) is 0 Å². The Hall–Kier alpha value is -2.31. The third-order valence-electron chi connectivity index (χ3n) is 4.05. The number of rotatable bonds is 3. The first-order valence-corrected chi connectivity index (χ1v) is 7.75. The van der Waals surface area contributed by atoms with Crippen LogP contribution in [0.15, 0.2) is 24.8 Å². The molecule has 1 fully saturated rings. The number of aromatic nitrogens is 4. The summed E-state index contributed by atoms with van der Waals surface area (Å²) in [4.78, 5) is 14.5. The van der Waals surface area contributed by atoms with Crippen LogP contribution in [0.1, 0.15) is 50.8 Å². The normalized spacial score (nSPS) is 18.7. The zero-order valence-electron chi connectivity index (χ0n) is 13.0. The average Bonchev–Trinajstić information content (AvgIpc) is 3.18. The van der Waals surface area contributed by atoms with Gasteiger partial charge >= 0.3 is 6.03 Å². The van der Waals surface area contributed by atoms with Crippen molar-refractivity contribution in [2.24, 2.45) is 0 Å². The monoisotopic (exact) mass is 302 g/mol. The second-order valence-corrected chi connectivity index (χ2v) is 5.97. The fraction of sp³-hybridized carbons (Fsp3) is 0.533. The standard InChI is InChI=1S/C15H22N6O/c1-11(2)21-10-13(9-18-21)19-15(22)20-6-4-3-5-14(20)12-7-16-17-8-12/h7-11,14H,3-6H2,1-2H3,(H,16,17)(H,19,22). The molecule has 2 amide bonds. The number of nitrogens with zero attached hydrogens (tertiary/aromatic N) is 4. The molecule has 0 aromatic carbocycles. The van der Waals surface area contributed by atoms with Crippen molar-refractivity contribution in [2.45, 2.75) is 45.2 Å². The predicted octanol–water partition coefficient (Wildman–Crippen LogP) is 2.95. The van der Waals surface area contributed by atoms with Crippen LogP contribution in [0.2, 0.25) is 0 Å². The number of nitrogens with one attached hydrogen (secondary N) is 2. The first-order valence-electron chi connectivity index (χ1n) is 7.75. The van der Waals surface area contributed by atoms with Crippen molar-refractivity contribution in [1.82, 2.24) is 24.9 Å². The minimum Gasteiger partial charge on any atom is -0.317 e.